The SMILES string of the molecule is Fc1cc(CCl)cc(Oc2cc(Cl)c(Br)cc2Cl)c1. The molecule has 0 amide bonds. The third kappa shape index (κ3) is 3.76. The van der Waals surface area contributed by atoms with Gasteiger partial charge in [0.2, 0.25) is 0 Å². The Bertz CT molecular complexity index is 619. The Kier molecular flexibility index (Phi) is 4.96. The summed E-state index contributed by atoms with van der Waals surface area (Å²) in [7, 11) is 0. The second-order valence-corrected chi connectivity index (χ2v) is 5.66. The molecular weight excluding hydrogens is 377 g/mol. The maximum atomic E-state index is 13.4. The van der Waals surface area contributed by atoms with Gasteiger partial charge in [-0.3, -0.25) is 0 Å². The molecule has 0 bridgehead atoms. The summed E-state index contributed by atoms with van der Waals surface area (Å²) in [4.78, 5) is 0. The molecule has 2 rings (SSSR count). The van der Waals surface area contributed by atoms with Crippen LogP contribution in [0.3, 0.4) is 0 Å². The zero-order chi connectivity index (χ0) is 14.0. The Morgan fingerprint density at radius 2 is 1.79 bits per heavy atom. The predicted octanol–water partition coefficient (Wildman–Crippen LogP) is 6.43. The van der Waals surface area contributed by atoms with E-state index >= 15 is 0 Å². The van der Waals surface area contributed by atoms with Gasteiger partial charge in [0, 0.05) is 22.5 Å². The van der Waals surface area contributed by atoms with Gasteiger partial charge < -0.3 is 4.74 Å². The van der Waals surface area contributed by atoms with Crippen molar-refractivity contribution in [2.75, 3.05) is 0 Å². The second kappa shape index (κ2) is 6.31. The molecule has 100 valence electrons. The van der Waals surface area contributed by atoms with Crippen LogP contribution in [0.15, 0.2) is 34.8 Å². The summed E-state index contributed by atoms with van der Waals surface area (Å²) in [5.41, 5.74) is 0.621. The molecule has 0 spiro atoms. The van der Waals surface area contributed by atoms with E-state index in [-0.39, 0.29) is 5.88 Å². The van der Waals surface area contributed by atoms with Crippen molar-refractivity contribution >= 4 is 50.7 Å². The van der Waals surface area contributed by atoms with E-state index < -0.39 is 5.82 Å². The van der Waals surface area contributed by atoms with E-state index in [0.29, 0.717) is 31.6 Å². The summed E-state index contributed by atoms with van der Waals surface area (Å²) >= 11 is 20.9. The van der Waals surface area contributed by atoms with Crippen molar-refractivity contribution in [3.05, 3.63) is 56.2 Å². The van der Waals surface area contributed by atoms with Gasteiger partial charge in [-0.2, -0.15) is 0 Å². The van der Waals surface area contributed by atoms with Crippen molar-refractivity contribution in [1.29, 1.82) is 0 Å². The largest absolute Gasteiger partial charge is 0.456 e. The molecule has 0 saturated carbocycles. The van der Waals surface area contributed by atoms with Gasteiger partial charge in [0.25, 0.3) is 0 Å². The fourth-order valence-electron chi connectivity index (χ4n) is 1.47. The van der Waals surface area contributed by atoms with Gasteiger partial charge in [-0.15, -0.1) is 11.6 Å². The molecule has 0 atom stereocenters. The first-order valence-electron chi connectivity index (χ1n) is 5.17. The van der Waals surface area contributed by atoms with Crippen LogP contribution in [0, 0.1) is 5.82 Å². The molecule has 0 fully saturated rings. The quantitative estimate of drug-likeness (QED) is 0.438. The first kappa shape index (κ1) is 14.9. The van der Waals surface area contributed by atoms with Crippen LogP contribution in [0.1, 0.15) is 5.56 Å². The van der Waals surface area contributed by atoms with E-state index in [2.05, 4.69) is 15.9 Å². The van der Waals surface area contributed by atoms with E-state index in [0.717, 1.165) is 0 Å². The molecule has 0 N–H and O–H groups in total. The number of benzene rings is 2. The fraction of sp³-hybridized carbons (Fsp3) is 0.0769. The highest BCUT2D eigenvalue weighted by atomic mass is 79.9. The van der Waals surface area contributed by atoms with Crippen molar-refractivity contribution in [2.45, 2.75) is 5.88 Å². The summed E-state index contributed by atoms with van der Waals surface area (Å²) < 4.78 is 19.5. The third-order valence-corrected chi connectivity index (χ3v) is 4.09. The van der Waals surface area contributed by atoms with Crippen LogP contribution in [0.5, 0.6) is 11.5 Å². The lowest BCUT2D eigenvalue weighted by Crippen LogP contribution is -1.89. The third-order valence-electron chi connectivity index (χ3n) is 2.29. The van der Waals surface area contributed by atoms with Crippen LogP contribution in [0.4, 0.5) is 4.39 Å². The number of hydrogen-bond acceptors (Lipinski definition) is 1. The molecule has 2 aromatic carbocycles. The van der Waals surface area contributed by atoms with Crippen molar-refractivity contribution in [2.24, 2.45) is 0 Å². The van der Waals surface area contributed by atoms with Crippen molar-refractivity contribution in [3.63, 3.8) is 0 Å². The Balaban J connectivity index is 2.36. The monoisotopic (exact) mass is 382 g/mol. The summed E-state index contributed by atoms with van der Waals surface area (Å²) in [5.74, 6) is 0.438. The maximum absolute atomic E-state index is 13.4. The molecule has 2 aromatic rings. The summed E-state index contributed by atoms with van der Waals surface area (Å²) in [6.45, 7) is 0. The summed E-state index contributed by atoms with van der Waals surface area (Å²) in [5, 5.41) is 0.821. The molecule has 19 heavy (non-hydrogen) atoms. The smallest absolute Gasteiger partial charge is 0.147 e. The molecule has 0 aliphatic rings. The van der Waals surface area contributed by atoms with Crippen LogP contribution in [-0.4, -0.2) is 0 Å². The molecule has 0 aromatic heterocycles. The van der Waals surface area contributed by atoms with Gasteiger partial charge in [-0.25, -0.2) is 4.39 Å². The van der Waals surface area contributed by atoms with Crippen LogP contribution < -0.4 is 4.74 Å². The minimum absolute atomic E-state index is 0.197. The highest BCUT2D eigenvalue weighted by Gasteiger charge is 2.09. The Morgan fingerprint density at radius 1 is 1.05 bits per heavy atom. The zero-order valence-electron chi connectivity index (χ0n) is 9.39. The number of hydrogen-bond donors (Lipinski definition) is 0. The lowest BCUT2D eigenvalue weighted by molar-refractivity contribution is 0.476. The number of ether oxygens (including phenoxy) is 1. The molecule has 0 radical (unpaired) electrons. The zero-order valence-corrected chi connectivity index (χ0v) is 13.2. The van der Waals surface area contributed by atoms with Crippen LogP contribution in [0.2, 0.25) is 10.0 Å². The molecule has 0 saturated heterocycles. The van der Waals surface area contributed by atoms with Gasteiger partial charge in [-0.1, -0.05) is 23.2 Å². The highest BCUT2D eigenvalue weighted by molar-refractivity contribution is 9.10. The summed E-state index contributed by atoms with van der Waals surface area (Å²) in [6.07, 6.45) is 0. The normalized spacial score (nSPS) is 10.6. The Hall–Kier alpha value is -0.480. The van der Waals surface area contributed by atoms with Crippen LogP contribution >= 0.6 is 50.7 Å². The highest BCUT2D eigenvalue weighted by Crippen LogP contribution is 2.36. The fourth-order valence-corrected chi connectivity index (χ4v) is 2.45. The van der Waals surface area contributed by atoms with E-state index in [1.807, 2.05) is 0 Å². The van der Waals surface area contributed by atoms with Crippen molar-refractivity contribution in [3.8, 4) is 11.5 Å². The van der Waals surface area contributed by atoms with E-state index in [9.17, 15) is 4.39 Å². The molecular formula is C13H7BrCl3FO. The van der Waals surface area contributed by atoms with E-state index in [1.54, 1.807) is 18.2 Å². The number of halogens is 5. The average molecular weight is 384 g/mol. The Morgan fingerprint density at radius 3 is 2.47 bits per heavy atom. The van der Waals surface area contributed by atoms with E-state index in [4.69, 9.17) is 39.5 Å². The second-order valence-electron chi connectivity index (χ2n) is 3.73. The van der Waals surface area contributed by atoms with Crippen LogP contribution in [0.25, 0.3) is 0 Å². The molecule has 0 heterocycles. The van der Waals surface area contributed by atoms with Crippen molar-refractivity contribution < 1.29 is 9.13 Å². The molecule has 0 unspecified atom stereocenters. The van der Waals surface area contributed by atoms with Crippen LogP contribution in [-0.2, 0) is 5.88 Å². The maximum Gasteiger partial charge on any atom is 0.147 e. The molecule has 0 aliphatic heterocycles. The number of alkyl halides is 1. The topological polar surface area (TPSA) is 9.23 Å². The summed E-state index contributed by atoms with van der Waals surface area (Å²) in [6, 6.07) is 7.40. The first-order valence-corrected chi connectivity index (χ1v) is 7.26. The van der Waals surface area contributed by atoms with Gasteiger partial charge in [0.05, 0.1) is 10.0 Å². The average Bonchev–Trinajstić information content (AvgIpc) is 2.35. The van der Waals surface area contributed by atoms with Gasteiger partial charge >= 0.3 is 0 Å². The molecule has 1 nitrogen and oxygen atoms in total. The Labute approximate surface area is 133 Å². The standard InChI is InChI=1S/C13H7BrCl3FO/c14-10-4-12(17)13(5-11(10)16)19-9-2-7(6-15)1-8(18)3-9/h1-5H,6H2. The van der Waals surface area contributed by atoms with Gasteiger partial charge in [-0.05, 0) is 39.7 Å². The first-order chi connectivity index (χ1) is 8.99. The lowest BCUT2D eigenvalue weighted by atomic mass is 10.2. The molecule has 6 heteroatoms. The predicted molar refractivity (Wildman–Crippen MR) is 80.2 cm³/mol. The van der Waals surface area contributed by atoms with Crippen molar-refractivity contribution in [1.82, 2.24) is 0 Å². The lowest BCUT2D eigenvalue weighted by Gasteiger charge is -2.10. The van der Waals surface area contributed by atoms with Gasteiger partial charge in [0.15, 0.2) is 0 Å². The van der Waals surface area contributed by atoms with Gasteiger partial charge in [0.1, 0.15) is 17.3 Å². The minimum atomic E-state index is -0.424. The number of rotatable bonds is 3. The minimum Gasteiger partial charge on any atom is -0.456 e. The molecule has 0 aliphatic carbocycles. The van der Waals surface area contributed by atoms with E-state index in [1.165, 1.54) is 12.1 Å².